The van der Waals surface area contributed by atoms with Crippen molar-refractivity contribution in [3.63, 3.8) is 0 Å². The molecule has 0 spiro atoms. The molecule has 20 heavy (non-hydrogen) atoms. The maximum atomic E-state index is 3.78. The summed E-state index contributed by atoms with van der Waals surface area (Å²) in [6.45, 7) is 11.0. The fourth-order valence-electron chi connectivity index (χ4n) is 2.97. The summed E-state index contributed by atoms with van der Waals surface area (Å²) < 4.78 is 0. The van der Waals surface area contributed by atoms with Crippen LogP contribution in [0.25, 0.3) is 0 Å². The maximum Gasteiger partial charge on any atom is -0.0353 e. The largest absolute Gasteiger partial charge is 0.103 e. The van der Waals surface area contributed by atoms with Gasteiger partial charge in [0.25, 0.3) is 0 Å². The first-order valence-corrected chi connectivity index (χ1v) is 9.31. The van der Waals surface area contributed by atoms with Crippen molar-refractivity contribution in [3.8, 4) is 0 Å². The fourth-order valence-corrected chi connectivity index (χ4v) is 2.97. The molecule has 0 aliphatic rings. The summed E-state index contributed by atoms with van der Waals surface area (Å²) in [5.41, 5.74) is 0. The molecule has 0 aromatic rings. The van der Waals surface area contributed by atoms with Crippen LogP contribution in [-0.2, 0) is 0 Å². The van der Waals surface area contributed by atoms with Gasteiger partial charge in [-0.15, -0.1) is 6.58 Å². The Hall–Kier alpha value is -0.260. The van der Waals surface area contributed by atoms with E-state index in [1.54, 1.807) is 0 Å². The molecular formula is C20H40. The fraction of sp³-hybridized carbons (Fsp3) is 0.900. The summed E-state index contributed by atoms with van der Waals surface area (Å²) in [6.07, 6.45) is 20.3. The third kappa shape index (κ3) is 14.2. The Bertz CT molecular complexity index is 194. The minimum absolute atomic E-state index is 0.946. The Balaban J connectivity index is 3.27. The van der Waals surface area contributed by atoms with E-state index in [2.05, 4.69) is 27.4 Å². The number of hydrogen-bond donors (Lipinski definition) is 0. The van der Waals surface area contributed by atoms with Gasteiger partial charge >= 0.3 is 0 Å². The van der Waals surface area contributed by atoms with Gasteiger partial charge < -0.3 is 0 Å². The lowest BCUT2D eigenvalue weighted by molar-refractivity contribution is 0.394. The molecule has 2 atom stereocenters. The zero-order valence-electron chi connectivity index (χ0n) is 14.6. The van der Waals surface area contributed by atoms with Gasteiger partial charge in [-0.05, 0) is 24.7 Å². The van der Waals surface area contributed by atoms with Gasteiger partial charge in [0.15, 0.2) is 0 Å². The van der Waals surface area contributed by atoms with Crippen LogP contribution in [-0.4, -0.2) is 0 Å². The van der Waals surface area contributed by atoms with Crippen LogP contribution in [0.4, 0.5) is 0 Å². The van der Waals surface area contributed by atoms with Crippen molar-refractivity contribution in [3.05, 3.63) is 12.7 Å². The Labute approximate surface area is 129 Å². The van der Waals surface area contributed by atoms with E-state index in [1.165, 1.54) is 83.5 Å². The molecule has 0 saturated heterocycles. The van der Waals surface area contributed by atoms with E-state index in [1.807, 2.05) is 6.08 Å². The second kappa shape index (κ2) is 15.1. The molecule has 0 fully saturated rings. The first-order valence-electron chi connectivity index (χ1n) is 9.31. The van der Waals surface area contributed by atoms with E-state index in [4.69, 9.17) is 0 Å². The van der Waals surface area contributed by atoms with E-state index in [0.29, 0.717) is 0 Å². The minimum atomic E-state index is 0.946. The molecule has 120 valence electrons. The summed E-state index contributed by atoms with van der Waals surface area (Å²) in [5.74, 6) is 1.90. The standard InChI is InChI=1S/C20H40/c1-5-7-9-10-11-12-13-16-20(4)18-14-17-19(3)15-8-6-2/h5,19-20H,1,6-18H2,2-4H3. The summed E-state index contributed by atoms with van der Waals surface area (Å²) in [5, 5.41) is 0. The van der Waals surface area contributed by atoms with Gasteiger partial charge in [-0.25, -0.2) is 0 Å². The average Bonchev–Trinajstić information content (AvgIpc) is 2.44. The molecule has 0 heteroatoms. The van der Waals surface area contributed by atoms with Crippen LogP contribution in [0.1, 0.15) is 104 Å². The molecule has 0 saturated carbocycles. The molecule has 0 amide bonds. The topological polar surface area (TPSA) is 0 Å². The zero-order valence-corrected chi connectivity index (χ0v) is 14.6. The normalized spacial score (nSPS) is 14.2. The van der Waals surface area contributed by atoms with Crippen molar-refractivity contribution in [1.29, 1.82) is 0 Å². The van der Waals surface area contributed by atoms with Gasteiger partial charge in [0, 0.05) is 0 Å². The van der Waals surface area contributed by atoms with Gasteiger partial charge in [-0.1, -0.05) is 97.5 Å². The van der Waals surface area contributed by atoms with Gasteiger partial charge in [0.1, 0.15) is 0 Å². The van der Waals surface area contributed by atoms with E-state index in [-0.39, 0.29) is 0 Å². The number of allylic oxidation sites excluding steroid dienone is 1. The molecule has 0 aliphatic heterocycles. The molecule has 0 aromatic heterocycles. The SMILES string of the molecule is C=CCCCCCCCC(C)CCCC(C)CCCC. The number of unbranched alkanes of at least 4 members (excludes halogenated alkanes) is 6. The summed E-state index contributed by atoms with van der Waals surface area (Å²) >= 11 is 0. The lowest BCUT2D eigenvalue weighted by Gasteiger charge is -2.14. The van der Waals surface area contributed by atoms with E-state index in [0.717, 1.165) is 11.8 Å². The van der Waals surface area contributed by atoms with E-state index < -0.39 is 0 Å². The Morgan fingerprint density at radius 1 is 0.700 bits per heavy atom. The first-order chi connectivity index (χ1) is 9.70. The molecular weight excluding hydrogens is 240 g/mol. The first kappa shape index (κ1) is 19.7. The van der Waals surface area contributed by atoms with Crippen LogP contribution < -0.4 is 0 Å². The molecule has 2 unspecified atom stereocenters. The molecule has 0 bridgehead atoms. The van der Waals surface area contributed by atoms with Crippen LogP contribution >= 0.6 is 0 Å². The predicted molar refractivity (Wildman–Crippen MR) is 94.2 cm³/mol. The predicted octanol–water partition coefficient (Wildman–Crippen LogP) is 7.54. The van der Waals surface area contributed by atoms with Gasteiger partial charge in [0.05, 0.1) is 0 Å². The molecule has 0 aromatic carbocycles. The van der Waals surface area contributed by atoms with Crippen molar-refractivity contribution in [2.24, 2.45) is 11.8 Å². The van der Waals surface area contributed by atoms with Crippen LogP contribution in [0.5, 0.6) is 0 Å². The van der Waals surface area contributed by atoms with E-state index in [9.17, 15) is 0 Å². The highest BCUT2D eigenvalue weighted by Crippen LogP contribution is 2.20. The monoisotopic (exact) mass is 280 g/mol. The summed E-state index contributed by atoms with van der Waals surface area (Å²) in [6, 6.07) is 0. The molecule has 0 radical (unpaired) electrons. The third-order valence-electron chi connectivity index (χ3n) is 4.55. The van der Waals surface area contributed by atoms with Crippen molar-refractivity contribution in [2.75, 3.05) is 0 Å². The van der Waals surface area contributed by atoms with Crippen molar-refractivity contribution in [2.45, 2.75) is 104 Å². The Morgan fingerprint density at radius 3 is 1.80 bits per heavy atom. The average molecular weight is 281 g/mol. The van der Waals surface area contributed by atoms with Gasteiger partial charge in [0.2, 0.25) is 0 Å². The third-order valence-corrected chi connectivity index (χ3v) is 4.55. The number of rotatable bonds is 15. The molecule has 0 heterocycles. The summed E-state index contributed by atoms with van der Waals surface area (Å²) in [4.78, 5) is 0. The Kier molecular flexibility index (Phi) is 14.9. The van der Waals surface area contributed by atoms with Gasteiger partial charge in [-0.2, -0.15) is 0 Å². The maximum absolute atomic E-state index is 3.78. The second-order valence-corrected chi connectivity index (χ2v) is 6.92. The lowest BCUT2D eigenvalue weighted by atomic mass is 9.92. The van der Waals surface area contributed by atoms with Crippen LogP contribution in [0.15, 0.2) is 12.7 Å². The van der Waals surface area contributed by atoms with E-state index >= 15 is 0 Å². The second-order valence-electron chi connectivity index (χ2n) is 6.92. The minimum Gasteiger partial charge on any atom is -0.103 e. The van der Waals surface area contributed by atoms with Crippen molar-refractivity contribution >= 4 is 0 Å². The summed E-state index contributed by atoms with van der Waals surface area (Å²) in [7, 11) is 0. The molecule has 0 nitrogen and oxygen atoms in total. The molecule has 0 rings (SSSR count). The van der Waals surface area contributed by atoms with Gasteiger partial charge in [-0.3, -0.25) is 0 Å². The molecule has 0 aliphatic carbocycles. The zero-order chi connectivity index (χ0) is 15.1. The number of hydrogen-bond acceptors (Lipinski definition) is 0. The highest BCUT2D eigenvalue weighted by atomic mass is 14.1. The highest BCUT2D eigenvalue weighted by Gasteiger charge is 2.05. The lowest BCUT2D eigenvalue weighted by Crippen LogP contribution is -1.99. The van der Waals surface area contributed by atoms with Crippen LogP contribution in [0.2, 0.25) is 0 Å². The smallest absolute Gasteiger partial charge is 0.0353 e. The Morgan fingerprint density at radius 2 is 1.20 bits per heavy atom. The van der Waals surface area contributed by atoms with Crippen LogP contribution in [0, 0.1) is 11.8 Å². The quantitative estimate of drug-likeness (QED) is 0.215. The van der Waals surface area contributed by atoms with Crippen molar-refractivity contribution in [1.82, 2.24) is 0 Å². The van der Waals surface area contributed by atoms with Crippen molar-refractivity contribution < 1.29 is 0 Å². The molecule has 0 N–H and O–H groups in total. The van der Waals surface area contributed by atoms with Crippen LogP contribution in [0.3, 0.4) is 0 Å². The highest BCUT2D eigenvalue weighted by molar-refractivity contribution is 4.65.